The molecular weight excluding hydrogens is 414 g/mol. The van der Waals surface area contributed by atoms with Crippen LogP contribution >= 0.6 is 22.7 Å². The van der Waals surface area contributed by atoms with Crippen LogP contribution in [0.4, 0.5) is 5.69 Å². The van der Waals surface area contributed by atoms with Crippen molar-refractivity contribution in [1.82, 2.24) is 9.55 Å². The molecule has 154 valence electrons. The summed E-state index contributed by atoms with van der Waals surface area (Å²) in [6.45, 7) is 6.03. The summed E-state index contributed by atoms with van der Waals surface area (Å²) in [5.41, 5.74) is 2.68. The number of anilines is 1. The molecule has 4 rings (SSSR count). The van der Waals surface area contributed by atoms with Crippen LogP contribution in [0.1, 0.15) is 37.6 Å². The zero-order valence-corrected chi connectivity index (χ0v) is 18.8. The number of fused-ring (bicyclic) bond motifs is 1. The van der Waals surface area contributed by atoms with Crippen molar-refractivity contribution in [3.8, 4) is 10.4 Å². The summed E-state index contributed by atoms with van der Waals surface area (Å²) < 4.78 is 1.45. The highest BCUT2D eigenvalue weighted by Crippen LogP contribution is 2.33. The van der Waals surface area contributed by atoms with Crippen molar-refractivity contribution >= 4 is 44.5 Å². The Labute approximate surface area is 183 Å². The Bertz CT molecular complexity index is 1240. The molecule has 0 fully saturated rings. The van der Waals surface area contributed by atoms with Gasteiger partial charge in [-0.2, -0.15) is 0 Å². The number of carbonyl (C=O) groups excluding carboxylic acids is 1. The third-order valence-electron chi connectivity index (χ3n) is 5.35. The highest BCUT2D eigenvalue weighted by atomic mass is 32.1. The summed E-state index contributed by atoms with van der Waals surface area (Å²) >= 11 is 3.04. The number of amides is 1. The molecule has 0 bridgehead atoms. The number of benzene rings is 1. The van der Waals surface area contributed by atoms with Gasteiger partial charge in [-0.05, 0) is 48.4 Å². The lowest BCUT2D eigenvalue weighted by Crippen LogP contribution is -2.30. The number of rotatable bonds is 6. The van der Waals surface area contributed by atoms with Crippen molar-refractivity contribution in [3.05, 3.63) is 68.9 Å². The van der Waals surface area contributed by atoms with Crippen molar-refractivity contribution in [3.63, 3.8) is 0 Å². The molecule has 0 saturated carbocycles. The van der Waals surface area contributed by atoms with Gasteiger partial charge in [-0.25, -0.2) is 4.98 Å². The maximum atomic E-state index is 13.2. The Morgan fingerprint density at radius 3 is 2.63 bits per heavy atom. The Kier molecular flexibility index (Phi) is 5.83. The second-order valence-corrected chi connectivity index (χ2v) is 9.14. The van der Waals surface area contributed by atoms with E-state index in [1.165, 1.54) is 21.5 Å². The summed E-state index contributed by atoms with van der Waals surface area (Å²) in [6.07, 6.45) is 1.07. The second-order valence-electron chi connectivity index (χ2n) is 7.34. The van der Waals surface area contributed by atoms with E-state index < -0.39 is 0 Å². The van der Waals surface area contributed by atoms with Crippen molar-refractivity contribution in [2.75, 3.05) is 5.32 Å². The first kappa shape index (κ1) is 20.5. The summed E-state index contributed by atoms with van der Waals surface area (Å²) in [5, 5.41) is 7.42. The highest BCUT2D eigenvalue weighted by Gasteiger charge is 2.17. The van der Waals surface area contributed by atoms with Gasteiger partial charge in [-0.15, -0.1) is 22.7 Å². The number of aryl methyl sites for hydroxylation is 1. The molecule has 0 aliphatic carbocycles. The summed E-state index contributed by atoms with van der Waals surface area (Å²) in [5.74, 6) is 0.775. The van der Waals surface area contributed by atoms with Gasteiger partial charge >= 0.3 is 0 Å². The van der Waals surface area contributed by atoms with E-state index in [-0.39, 0.29) is 18.0 Å². The quantitative estimate of drug-likeness (QED) is 0.424. The number of thiophene rings is 2. The van der Waals surface area contributed by atoms with Gasteiger partial charge in [-0.3, -0.25) is 14.2 Å². The van der Waals surface area contributed by atoms with Crippen LogP contribution in [0.5, 0.6) is 0 Å². The molecule has 1 aromatic carbocycles. The smallest absolute Gasteiger partial charge is 0.263 e. The van der Waals surface area contributed by atoms with E-state index in [1.807, 2.05) is 47.2 Å². The van der Waals surface area contributed by atoms with Gasteiger partial charge in [0.05, 0.1) is 5.39 Å². The van der Waals surface area contributed by atoms with Crippen molar-refractivity contribution in [1.29, 1.82) is 0 Å². The van der Waals surface area contributed by atoms with Gasteiger partial charge < -0.3 is 5.32 Å². The summed E-state index contributed by atoms with van der Waals surface area (Å²) in [4.78, 5) is 32.2. The average Bonchev–Trinajstić information content (AvgIpc) is 3.40. The molecule has 1 unspecified atom stereocenters. The van der Waals surface area contributed by atoms with Crippen LogP contribution in [-0.4, -0.2) is 15.5 Å². The van der Waals surface area contributed by atoms with Crippen LogP contribution in [0.15, 0.2) is 52.0 Å². The SMILES string of the molecule is CCC(C)c1ccc(NC(=O)Cn2c(C)nc3scc(-c4cccs4)c3c2=O)cc1. The molecule has 0 radical (unpaired) electrons. The molecule has 7 heteroatoms. The van der Waals surface area contributed by atoms with Crippen LogP contribution in [-0.2, 0) is 11.3 Å². The molecule has 1 amide bonds. The standard InChI is InChI=1S/C23H23N3O2S2/c1-4-14(2)16-7-9-17(10-8-16)25-20(27)12-26-15(3)24-22-21(23(26)28)18(13-30-22)19-6-5-11-29-19/h5-11,13-14H,4,12H2,1-3H3,(H,25,27). The van der Waals surface area contributed by atoms with Crippen molar-refractivity contribution in [2.24, 2.45) is 0 Å². The molecule has 30 heavy (non-hydrogen) atoms. The highest BCUT2D eigenvalue weighted by molar-refractivity contribution is 7.18. The Morgan fingerprint density at radius 2 is 1.97 bits per heavy atom. The lowest BCUT2D eigenvalue weighted by atomic mass is 9.99. The third kappa shape index (κ3) is 3.95. The average molecular weight is 438 g/mol. The molecule has 3 heterocycles. The van der Waals surface area contributed by atoms with Crippen LogP contribution in [0.2, 0.25) is 0 Å². The molecule has 5 nitrogen and oxygen atoms in total. The van der Waals surface area contributed by atoms with Gasteiger partial charge in [0.2, 0.25) is 5.91 Å². The van der Waals surface area contributed by atoms with Gasteiger partial charge in [0.25, 0.3) is 5.56 Å². The maximum Gasteiger partial charge on any atom is 0.263 e. The van der Waals surface area contributed by atoms with E-state index in [1.54, 1.807) is 18.3 Å². The van der Waals surface area contributed by atoms with Gasteiger partial charge in [0.1, 0.15) is 17.2 Å². The molecule has 0 spiro atoms. The maximum absolute atomic E-state index is 13.2. The zero-order valence-electron chi connectivity index (χ0n) is 17.1. The largest absolute Gasteiger partial charge is 0.325 e. The van der Waals surface area contributed by atoms with Crippen LogP contribution in [0.25, 0.3) is 20.7 Å². The zero-order chi connectivity index (χ0) is 21.3. The fourth-order valence-electron chi connectivity index (χ4n) is 3.40. The first-order valence-corrected chi connectivity index (χ1v) is 11.7. The van der Waals surface area contributed by atoms with Crippen LogP contribution in [0, 0.1) is 6.92 Å². The third-order valence-corrected chi connectivity index (χ3v) is 7.12. The Hall–Kier alpha value is -2.77. The van der Waals surface area contributed by atoms with E-state index >= 15 is 0 Å². The van der Waals surface area contributed by atoms with Gasteiger partial charge in [-0.1, -0.05) is 32.0 Å². The normalized spacial score (nSPS) is 12.2. The molecule has 1 atom stereocenters. The van der Waals surface area contributed by atoms with Crippen molar-refractivity contribution < 1.29 is 4.79 Å². The molecule has 0 aliphatic rings. The topological polar surface area (TPSA) is 64.0 Å². The number of hydrogen-bond donors (Lipinski definition) is 1. The van der Waals surface area contributed by atoms with Crippen LogP contribution < -0.4 is 10.9 Å². The van der Waals surface area contributed by atoms with Gasteiger partial charge in [0, 0.05) is 21.5 Å². The summed E-state index contributed by atoms with van der Waals surface area (Å²) in [7, 11) is 0. The fourth-order valence-corrected chi connectivity index (χ4v) is 5.20. The van der Waals surface area contributed by atoms with Crippen LogP contribution in [0.3, 0.4) is 0 Å². The second kappa shape index (κ2) is 8.53. The first-order valence-electron chi connectivity index (χ1n) is 9.90. The first-order chi connectivity index (χ1) is 14.5. The number of nitrogens with zero attached hydrogens (tertiary/aromatic N) is 2. The number of nitrogens with one attached hydrogen (secondary N) is 1. The minimum absolute atomic E-state index is 0.0690. The lowest BCUT2D eigenvalue weighted by molar-refractivity contribution is -0.116. The molecule has 4 aromatic rings. The fraction of sp³-hybridized carbons (Fsp3) is 0.261. The molecule has 3 aromatic heterocycles. The van der Waals surface area contributed by atoms with E-state index in [2.05, 4.69) is 24.1 Å². The number of carbonyl (C=O) groups is 1. The minimum atomic E-state index is -0.245. The molecule has 1 N–H and O–H groups in total. The number of aromatic nitrogens is 2. The van der Waals surface area contributed by atoms with Gasteiger partial charge in [0.15, 0.2) is 0 Å². The Morgan fingerprint density at radius 1 is 1.20 bits per heavy atom. The molecule has 0 saturated heterocycles. The van der Waals surface area contributed by atoms with Crippen molar-refractivity contribution in [2.45, 2.75) is 39.7 Å². The van der Waals surface area contributed by atoms with E-state index in [9.17, 15) is 9.59 Å². The number of hydrogen-bond acceptors (Lipinski definition) is 5. The predicted molar refractivity (Wildman–Crippen MR) is 126 cm³/mol. The van der Waals surface area contributed by atoms with E-state index in [0.29, 0.717) is 22.0 Å². The monoisotopic (exact) mass is 437 g/mol. The molecule has 0 aliphatic heterocycles. The predicted octanol–water partition coefficient (Wildman–Crippen LogP) is 5.65. The molecular formula is C23H23N3O2S2. The Balaban J connectivity index is 1.59. The lowest BCUT2D eigenvalue weighted by Gasteiger charge is -2.12. The van der Waals surface area contributed by atoms with E-state index in [4.69, 9.17) is 0 Å². The summed E-state index contributed by atoms with van der Waals surface area (Å²) in [6, 6.07) is 11.8. The minimum Gasteiger partial charge on any atom is -0.325 e. The van der Waals surface area contributed by atoms with E-state index in [0.717, 1.165) is 22.5 Å².